The lowest BCUT2D eigenvalue weighted by molar-refractivity contribution is 0.488. The van der Waals surface area contributed by atoms with Gasteiger partial charge in [-0.2, -0.15) is 0 Å². The standard InChI is InChI=1S/C11H7NO/c1-2-8-5-7-13-10-4-6-12-9(3-1)11(8)10/h1-7H. The quantitative estimate of drug-likeness (QED) is 0.604. The minimum atomic E-state index is 0.892. The summed E-state index contributed by atoms with van der Waals surface area (Å²) in [6.07, 6.45) is 5.43. The first-order valence-electron chi connectivity index (χ1n) is 4.16. The van der Waals surface area contributed by atoms with E-state index in [2.05, 4.69) is 11.1 Å². The third-order valence-corrected chi connectivity index (χ3v) is 2.20. The number of aromatic nitrogens is 1. The third kappa shape index (κ3) is 0.855. The molecule has 0 radical (unpaired) electrons. The van der Waals surface area contributed by atoms with Crippen LogP contribution in [0.1, 0.15) is 5.56 Å². The molecule has 0 aliphatic carbocycles. The van der Waals surface area contributed by atoms with Crippen molar-refractivity contribution in [3.05, 3.63) is 42.3 Å². The topological polar surface area (TPSA) is 22.1 Å². The van der Waals surface area contributed by atoms with Gasteiger partial charge in [-0.15, -0.1) is 0 Å². The lowest BCUT2D eigenvalue weighted by Crippen LogP contribution is -1.92. The molecule has 0 amide bonds. The van der Waals surface area contributed by atoms with Crippen molar-refractivity contribution in [1.29, 1.82) is 0 Å². The normalized spacial score (nSPS) is 12.9. The van der Waals surface area contributed by atoms with Gasteiger partial charge in [-0.05, 0) is 23.8 Å². The summed E-state index contributed by atoms with van der Waals surface area (Å²) in [6.45, 7) is 0. The van der Waals surface area contributed by atoms with E-state index in [0.29, 0.717) is 0 Å². The van der Waals surface area contributed by atoms with Crippen LogP contribution in [0, 0.1) is 0 Å². The van der Waals surface area contributed by atoms with Crippen LogP contribution in [0.25, 0.3) is 17.0 Å². The number of hydrogen-bond acceptors (Lipinski definition) is 2. The highest BCUT2D eigenvalue weighted by molar-refractivity contribution is 5.94. The van der Waals surface area contributed by atoms with Gasteiger partial charge in [0.2, 0.25) is 0 Å². The van der Waals surface area contributed by atoms with Crippen LogP contribution in [-0.2, 0) is 0 Å². The second kappa shape index (κ2) is 2.33. The zero-order valence-corrected chi connectivity index (χ0v) is 6.90. The van der Waals surface area contributed by atoms with Crippen LogP contribution >= 0.6 is 0 Å². The van der Waals surface area contributed by atoms with Crippen molar-refractivity contribution in [2.24, 2.45) is 0 Å². The van der Waals surface area contributed by atoms with Crippen LogP contribution in [0.3, 0.4) is 0 Å². The van der Waals surface area contributed by atoms with Crippen molar-refractivity contribution in [3.8, 4) is 5.75 Å². The van der Waals surface area contributed by atoms with Crippen molar-refractivity contribution in [3.63, 3.8) is 0 Å². The second-order valence-corrected chi connectivity index (χ2v) is 2.97. The van der Waals surface area contributed by atoms with Crippen molar-refractivity contribution < 1.29 is 4.74 Å². The third-order valence-electron chi connectivity index (χ3n) is 2.20. The molecule has 0 bridgehead atoms. The molecule has 1 aliphatic rings. The Morgan fingerprint density at radius 1 is 1.15 bits per heavy atom. The van der Waals surface area contributed by atoms with Gasteiger partial charge in [0, 0.05) is 6.20 Å². The average Bonchev–Trinajstić information content (AvgIpc) is 2.19. The van der Waals surface area contributed by atoms with E-state index < -0.39 is 0 Å². The van der Waals surface area contributed by atoms with Crippen LogP contribution in [-0.4, -0.2) is 4.98 Å². The van der Waals surface area contributed by atoms with E-state index in [0.717, 1.165) is 16.7 Å². The number of benzene rings is 1. The number of rotatable bonds is 0. The van der Waals surface area contributed by atoms with Crippen molar-refractivity contribution in [2.45, 2.75) is 0 Å². The number of nitrogens with zero attached hydrogens (tertiary/aromatic N) is 1. The molecule has 2 heteroatoms. The van der Waals surface area contributed by atoms with E-state index in [1.807, 2.05) is 24.3 Å². The Morgan fingerprint density at radius 2 is 2.15 bits per heavy atom. The Bertz CT molecular complexity index is 497. The summed E-state index contributed by atoms with van der Waals surface area (Å²) in [6, 6.07) is 7.94. The van der Waals surface area contributed by atoms with Crippen LogP contribution in [0.5, 0.6) is 5.75 Å². The molecule has 0 N–H and O–H groups in total. The van der Waals surface area contributed by atoms with Crippen molar-refractivity contribution in [1.82, 2.24) is 4.98 Å². The van der Waals surface area contributed by atoms with Crippen LogP contribution in [0.2, 0.25) is 0 Å². The van der Waals surface area contributed by atoms with E-state index >= 15 is 0 Å². The van der Waals surface area contributed by atoms with Gasteiger partial charge in [0.05, 0.1) is 17.2 Å². The molecule has 62 valence electrons. The largest absolute Gasteiger partial charge is 0.464 e. The molecule has 0 spiro atoms. The fraction of sp³-hybridized carbons (Fsp3) is 0. The summed E-state index contributed by atoms with van der Waals surface area (Å²) in [7, 11) is 0. The van der Waals surface area contributed by atoms with Gasteiger partial charge < -0.3 is 4.74 Å². The second-order valence-electron chi connectivity index (χ2n) is 2.97. The Morgan fingerprint density at radius 3 is 3.15 bits per heavy atom. The van der Waals surface area contributed by atoms with Crippen LogP contribution in [0.4, 0.5) is 0 Å². The molecule has 0 saturated heterocycles. The summed E-state index contributed by atoms with van der Waals surface area (Å²) < 4.78 is 5.37. The molecular formula is C11H7NO. The molecule has 2 aromatic rings. The van der Waals surface area contributed by atoms with Crippen molar-refractivity contribution in [2.75, 3.05) is 0 Å². The summed E-state index contributed by atoms with van der Waals surface area (Å²) >= 11 is 0. The smallest absolute Gasteiger partial charge is 0.138 e. The first kappa shape index (κ1) is 6.66. The summed E-state index contributed by atoms with van der Waals surface area (Å²) in [5.41, 5.74) is 2.16. The molecule has 2 heterocycles. The van der Waals surface area contributed by atoms with E-state index in [4.69, 9.17) is 4.74 Å². The van der Waals surface area contributed by atoms with Gasteiger partial charge in [-0.1, -0.05) is 12.1 Å². The molecule has 0 saturated carbocycles. The fourth-order valence-electron chi connectivity index (χ4n) is 1.62. The van der Waals surface area contributed by atoms with Gasteiger partial charge in [0.1, 0.15) is 5.75 Å². The van der Waals surface area contributed by atoms with Crippen LogP contribution < -0.4 is 4.74 Å². The number of pyridine rings is 1. The first-order chi connectivity index (χ1) is 6.45. The Hall–Kier alpha value is -1.83. The summed E-state index contributed by atoms with van der Waals surface area (Å²) in [4.78, 5) is 4.27. The fourth-order valence-corrected chi connectivity index (χ4v) is 1.62. The predicted molar refractivity (Wildman–Crippen MR) is 51.4 cm³/mol. The lowest BCUT2D eigenvalue weighted by atomic mass is 10.1. The molecule has 3 rings (SSSR count). The maximum atomic E-state index is 5.37. The zero-order valence-electron chi connectivity index (χ0n) is 6.90. The average molecular weight is 169 g/mol. The maximum absolute atomic E-state index is 5.37. The highest BCUT2D eigenvalue weighted by Crippen LogP contribution is 2.31. The van der Waals surface area contributed by atoms with Gasteiger partial charge in [0.15, 0.2) is 0 Å². The zero-order chi connectivity index (χ0) is 8.67. The minimum absolute atomic E-state index is 0.892. The Balaban J connectivity index is 2.56. The Labute approximate surface area is 75.5 Å². The minimum Gasteiger partial charge on any atom is -0.464 e. The SMILES string of the molecule is C1=Cc2cccc3nccc(c23)O1. The first-order valence-corrected chi connectivity index (χ1v) is 4.16. The summed E-state index contributed by atoms with van der Waals surface area (Å²) in [5.74, 6) is 0.892. The molecule has 1 aliphatic heterocycles. The van der Waals surface area contributed by atoms with Gasteiger partial charge in [-0.25, -0.2) is 0 Å². The van der Waals surface area contributed by atoms with E-state index in [9.17, 15) is 0 Å². The highest BCUT2D eigenvalue weighted by atomic mass is 16.5. The maximum Gasteiger partial charge on any atom is 0.138 e. The lowest BCUT2D eigenvalue weighted by Gasteiger charge is -2.11. The summed E-state index contributed by atoms with van der Waals surface area (Å²) in [5, 5.41) is 1.10. The molecule has 1 aromatic carbocycles. The molecule has 0 atom stereocenters. The van der Waals surface area contributed by atoms with Gasteiger partial charge >= 0.3 is 0 Å². The predicted octanol–water partition coefficient (Wildman–Crippen LogP) is 2.60. The van der Waals surface area contributed by atoms with E-state index in [1.54, 1.807) is 12.5 Å². The molecule has 2 nitrogen and oxygen atoms in total. The number of ether oxygens (including phenoxy) is 1. The van der Waals surface area contributed by atoms with Crippen molar-refractivity contribution >= 4 is 17.0 Å². The van der Waals surface area contributed by atoms with Gasteiger partial charge in [0.25, 0.3) is 0 Å². The van der Waals surface area contributed by atoms with E-state index in [1.165, 1.54) is 5.56 Å². The Kier molecular flexibility index (Phi) is 1.19. The molecule has 13 heavy (non-hydrogen) atoms. The van der Waals surface area contributed by atoms with Gasteiger partial charge in [-0.3, -0.25) is 4.98 Å². The van der Waals surface area contributed by atoms with E-state index in [-0.39, 0.29) is 0 Å². The highest BCUT2D eigenvalue weighted by Gasteiger charge is 2.08. The number of hydrogen-bond donors (Lipinski definition) is 0. The molecule has 0 unspecified atom stereocenters. The monoisotopic (exact) mass is 169 g/mol. The molecule has 1 aromatic heterocycles. The molecule has 0 fully saturated rings. The molecular weight excluding hydrogens is 162 g/mol. The van der Waals surface area contributed by atoms with Crippen LogP contribution in [0.15, 0.2) is 36.7 Å².